The first-order valence-electron chi connectivity index (χ1n) is 10.7. The molecule has 0 unspecified atom stereocenters. The first-order valence-corrected chi connectivity index (χ1v) is 10.7. The molecule has 3 rings (SSSR count). The second-order valence-electron chi connectivity index (χ2n) is 8.58. The quantitative estimate of drug-likeness (QED) is 0.468. The highest BCUT2D eigenvalue weighted by molar-refractivity contribution is 6.05. The fourth-order valence-corrected chi connectivity index (χ4v) is 3.50. The van der Waals surface area contributed by atoms with Crippen molar-refractivity contribution in [2.24, 2.45) is 0 Å². The van der Waals surface area contributed by atoms with Crippen molar-refractivity contribution in [3.05, 3.63) is 77.4 Å². The standard InChI is InChI=1S/C27H31NO5/c1-27(2,3)21-9-7-8-10-24(21)33-17-19-15-18(11-14-23(19)31-5)26(29)28-22-13-12-20(30-4)16-25(22)32-6/h7-16H,17H2,1-6H3,(H,28,29). The van der Waals surface area contributed by atoms with E-state index in [0.29, 0.717) is 28.5 Å². The Morgan fingerprint density at radius 3 is 2.21 bits per heavy atom. The molecule has 1 amide bonds. The van der Waals surface area contributed by atoms with Gasteiger partial charge in [0.25, 0.3) is 5.91 Å². The van der Waals surface area contributed by atoms with E-state index in [9.17, 15) is 4.79 Å². The third-order valence-electron chi connectivity index (χ3n) is 5.28. The van der Waals surface area contributed by atoms with E-state index in [1.165, 1.54) is 0 Å². The topological polar surface area (TPSA) is 66.0 Å². The SMILES string of the molecule is COc1ccc(NC(=O)c2ccc(OC)c(COc3ccccc3C(C)(C)C)c2)c(OC)c1. The lowest BCUT2D eigenvalue weighted by Gasteiger charge is -2.23. The summed E-state index contributed by atoms with van der Waals surface area (Å²) in [5, 5.41) is 2.90. The van der Waals surface area contributed by atoms with Crippen LogP contribution in [-0.2, 0) is 12.0 Å². The molecule has 0 aromatic heterocycles. The summed E-state index contributed by atoms with van der Waals surface area (Å²) in [6.45, 7) is 6.71. The van der Waals surface area contributed by atoms with Gasteiger partial charge >= 0.3 is 0 Å². The number of rotatable bonds is 8. The van der Waals surface area contributed by atoms with Crippen molar-refractivity contribution in [1.82, 2.24) is 0 Å². The molecule has 0 aliphatic heterocycles. The molecule has 6 heteroatoms. The van der Waals surface area contributed by atoms with Gasteiger partial charge in [-0.2, -0.15) is 0 Å². The van der Waals surface area contributed by atoms with Crippen molar-refractivity contribution < 1.29 is 23.7 Å². The second-order valence-corrected chi connectivity index (χ2v) is 8.58. The lowest BCUT2D eigenvalue weighted by atomic mass is 9.86. The number of methoxy groups -OCH3 is 3. The van der Waals surface area contributed by atoms with Gasteiger partial charge in [-0.3, -0.25) is 4.79 Å². The first kappa shape index (κ1) is 24.0. The average molecular weight is 450 g/mol. The van der Waals surface area contributed by atoms with Crippen LogP contribution < -0.4 is 24.3 Å². The summed E-state index contributed by atoms with van der Waals surface area (Å²) in [6, 6.07) is 18.5. The predicted octanol–water partition coefficient (Wildman–Crippen LogP) is 5.84. The molecule has 3 aromatic carbocycles. The Labute approximate surface area is 195 Å². The normalized spacial score (nSPS) is 11.0. The molecular formula is C27H31NO5. The van der Waals surface area contributed by atoms with Gasteiger partial charge in [0.15, 0.2) is 0 Å². The highest BCUT2D eigenvalue weighted by Crippen LogP contribution is 2.33. The van der Waals surface area contributed by atoms with Gasteiger partial charge in [0.05, 0.1) is 27.0 Å². The van der Waals surface area contributed by atoms with Crippen LogP contribution in [0.1, 0.15) is 42.3 Å². The molecule has 174 valence electrons. The van der Waals surface area contributed by atoms with Crippen molar-refractivity contribution in [2.45, 2.75) is 32.8 Å². The number of anilines is 1. The molecule has 1 N–H and O–H groups in total. The summed E-state index contributed by atoms with van der Waals surface area (Å²) in [5.41, 5.74) is 2.87. The maximum Gasteiger partial charge on any atom is 0.255 e. The van der Waals surface area contributed by atoms with Crippen molar-refractivity contribution in [3.8, 4) is 23.0 Å². The van der Waals surface area contributed by atoms with Gasteiger partial charge in [-0.05, 0) is 47.4 Å². The van der Waals surface area contributed by atoms with Gasteiger partial charge in [-0.1, -0.05) is 39.0 Å². The summed E-state index contributed by atoms with van der Waals surface area (Å²) in [6.07, 6.45) is 0. The Kier molecular flexibility index (Phi) is 7.48. The zero-order chi connectivity index (χ0) is 24.0. The van der Waals surface area contributed by atoms with Crippen LogP contribution in [0.25, 0.3) is 0 Å². The zero-order valence-electron chi connectivity index (χ0n) is 20.0. The van der Waals surface area contributed by atoms with Crippen molar-refractivity contribution in [1.29, 1.82) is 0 Å². The fourth-order valence-electron chi connectivity index (χ4n) is 3.50. The van der Waals surface area contributed by atoms with Crippen molar-refractivity contribution in [3.63, 3.8) is 0 Å². The molecule has 0 aliphatic rings. The van der Waals surface area contributed by atoms with E-state index in [1.54, 1.807) is 57.7 Å². The number of nitrogens with one attached hydrogen (secondary N) is 1. The summed E-state index contributed by atoms with van der Waals surface area (Å²) in [5.74, 6) is 2.35. The van der Waals surface area contributed by atoms with E-state index in [2.05, 4.69) is 32.2 Å². The smallest absolute Gasteiger partial charge is 0.255 e. The molecule has 0 aliphatic carbocycles. The number of hydrogen-bond donors (Lipinski definition) is 1. The Balaban J connectivity index is 1.82. The third kappa shape index (κ3) is 5.77. The zero-order valence-corrected chi connectivity index (χ0v) is 20.0. The minimum Gasteiger partial charge on any atom is -0.497 e. The van der Waals surface area contributed by atoms with Gasteiger partial charge < -0.3 is 24.3 Å². The number of amides is 1. The van der Waals surface area contributed by atoms with Crippen molar-refractivity contribution in [2.75, 3.05) is 26.6 Å². The van der Waals surface area contributed by atoms with Gasteiger partial charge in [-0.25, -0.2) is 0 Å². The Morgan fingerprint density at radius 2 is 1.55 bits per heavy atom. The molecule has 6 nitrogen and oxygen atoms in total. The number of carbonyl (C=O) groups is 1. The molecule has 0 atom stereocenters. The molecule has 0 heterocycles. The largest absolute Gasteiger partial charge is 0.497 e. The molecular weight excluding hydrogens is 418 g/mol. The Morgan fingerprint density at radius 1 is 0.818 bits per heavy atom. The van der Waals surface area contributed by atoms with Crippen LogP contribution in [0.2, 0.25) is 0 Å². The fraction of sp³-hybridized carbons (Fsp3) is 0.296. The molecule has 0 fully saturated rings. The molecule has 0 saturated carbocycles. The second kappa shape index (κ2) is 10.3. The number of benzene rings is 3. The van der Waals surface area contributed by atoms with Gasteiger partial charge in [-0.15, -0.1) is 0 Å². The minimum absolute atomic E-state index is 0.0557. The molecule has 0 radical (unpaired) electrons. The summed E-state index contributed by atoms with van der Waals surface area (Å²) in [4.78, 5) is 13.0. The number of hydrogen-bond acceptors (Lipinski definition) is 5. The van der Waals surface area contributed by atoms with Gasteiger partial charge in [0.2, 0.25) is 0 Å². The van der Waals surface area contributed by atoms with Crippen LogP contribution in [0.15, 0.2) is 60.7 Å². The first-order chi connectivity index (χ1) is 15.8. The highest BCUT2D eigenvalue weighted by atomic mass is 16.5. The Bertz CT molecular complexity index is 1120. The van der Waals surface area contributed by atoms with Crippen LogP contribution in [-0.4, -0.2) is 27.2 Å². The predicted molar refractivity (Wildman–Crippen MR) is 130 cm³/mol. The average Bonchev–Trinajstić information content (AvgIpc) is 2.82. The molecule has 3 aromatic rings. The maximum atomic E-state index is 13.0. The van der Waals surface area contributed by atoms with Crippen LogP contribution >= 0.6 is 0 Å². The Hall–Kier alpha value is -3.67. The monoisotopic (exact) mass is 449 g/mol. The van der Waals surface area contributed by atoms with Crippen LogP contribution in [0, 0.1) is 0 Å². The number of para-hydroxylation sites is 1. The van der Waals surface area contributed by atoms with E-state index in [0.717, 1.165) is 16.9 Å². The number of ether oxygens (including phenoxy) is 4. The van der Waals surface area contributed by atoms with Crippen LogP contribution in [0.4, 0.5) is 5.69 Å². The summed E-state index contributed by atoms with van der Waals surface area (Å²) < 4.78 is 22.3. The van der Waals surface area contributed by atoms with Gasteiger partial charge in [0, 0.05) is 17.2 Å². The highest BCUT2D eigenvalue weighted by Gasteiger charge is 2.19. The summed E-state index contributed by atoms with van der Waals surface area (Å²) in [7, 11) is 4.72. The minimum atomic E-state index is -0.266. The van der Waals surface area contributed by atoms with Gasteiger partial charge in [0.1, 0.15) is 29.6 Å². The lowest BCUT2D eigenvalue weighted by Crippen LogP contribution is -2.14. The van der Waals surface area contributed by atoms with E-state index in [1.807, 2.05) is 18.2 Å². The number of carbonyl (C=O) groups excluding carboxylic acids is 1. The van der Waals surface area contributed by atoms with E-state index in [-0.39, 0.29) is 17.9 Å². The molecule has 0 spiro atoms. The lowest BCUT2D eigenvalue weighted by molar-refractivity contribution is 0.102. The van der Waals surface area contributed by atoms with Crippen molar-refractivity contribution >= 4 is 11.6 Å². The maximum absolute atomic E-state index is 13.0. The van der Waals surface area contributed by atoms with Crippen LogP contribution in [0.3, 0.4) is 0 Å². The summed E-state index contributed by atoms with van der Waals surface area (Å²) >= 11 is 0. The molecule has 0 bridgehead atoms. The van der Waals surface area contributed by atoms with E-state index >= 15 is 0 Å². The van der Waals surface area contributed by atoms with E-state index < -0.39 is 0 Å². The molecule has 0 saturated heterocycles. The third-order valence-corrected chi connectivity index (χ3v) is 5.28. The molecule has 33 heavy (non-hydrogen) atoms. The van der Waals surface area contributed by atoms with E-state index in [4.69, 9.17) is 18.9 Å². The van der Waals surface area contributed by atoms with Crippen LogP contribution in [0.5, 0.6) is 23.0 Å².